The van der Waals surface area contributed by atoms with E-state index in [0.717, 1.165) is 29.6 Å². The fourth-order valence-electron chi connectivity index (χ4n) is 1.72. The Labute approximate surface area is 97.6 Å². The van der Waals surface area contributed by atoms with Crippen molar-refractivity contribution in [1.82, 2.24) is 9.88 Å². The molecule has 2 rings (SSSR count). The second-order valence-electron chi connectivity index (χ2n) is 3.74. The topological polar surface area (TPSA) is 33.2 Å². The number of piperidine rings is 1. The summed E-state index contributed by atoms with van der Waals surface area (Å²) >= 11 is 3.34. The third-order valence-corrected chi connectivity index (χ3v) is 3.03. The van der Waals surface area contributed by atoms with E-state index in [1.54, 1.807) is 6.20 Å². The summed E-state index contributed by atoms with van der Waals surface area (Å²) in [7, 11) is 0. The van der Waals surface area contributed by atoms with Crippen molar-refractivity contribution in [2.45, 2.75) is 25.8 Å². The van der Waals surface area contributed by atoms with E-state index in [1.807, 2.05) is 17.0 Å². The lowest BCUT2D eigenvalue weighted by atomic mass is 10.1. The number of pyridine rings is 1. The van der Waals surface area contributed by atoms with Crippen molar-refractivity contribution >= 4 is 21.8 Å². The van der Waals surface area contributed by atoms with Crippen LogP contribution in [0.2, 0.25) is 0 Å². The zero-order valence-corrected chi connectivity index (χ0v) is 10.0. The van der Waals surface area contributed by atoms with Crippen molar-refractivity contribution in [3.63, 3.8) is 0 Å². The van der Waals surface area contributed by atoms with Gasteiger partial charge in [0.25, 0.3) is 0 Å². The molecule has 80 valence electrons. The van der Waals surface area contributed by atoms with Crippen molar-refractivity contribution < 1.29 is 4.79 Å². The van der Waals surface area contributed by atoms with Crippen LogP contribution in [-0.4, -0.2) is 22.3 Å². The fraction of sp³-hybridized carbons (Fsp3) is 0.455. The molecule has 0 aliphatic carbocycles. The molecule has 15 heavy (non-hydrogen) atoms. The molecule has 1 aliphatic heterocycles. The summed E-state index contributed by atoms with van der Waals surface area (Å²) in [6, 6.07) is 3.91. The second-order valence-corrected chi connectivity index (χ2v) is 4.66. The highest BCUT2D eigenvalue weighted by atomic mass is 79.9. The molecular weight excluding hydrogens is 256 g/mol. The molecule has 0 aromatic carbocycles. The van der Waals surface area contributed by atoms with Gasteiger partial charge in [0.05, 0.1) is 12.2 Å². The van der Waals surface area contributed by atoms with Crippen molar-refractivity contribution in [1.29, 1.82) is 0 Å². The molecule has 1 aliphatic rings. The van der Waals surface area contributed by atoms with Gasteiger partial charge in [-0.25, -0.2) is 0 Å². The quantitative estimate of drug-likeness (QED) is 0.825. The van der Waals surface area contributed by atoms with Crippen LogP contribution in [0, 0.1) is 0 Å². The monoisotopic (exact) mass is 268 g/mol. The van der Waals surface area contributed by atoms with Gasteiger partial charge in [0, 0.05) is 23.6 Å². The summed E-state index contributed by atoms with van der Waals surface area (Å²) in [5.41, 5.74) is 0.952. The van der Waals surface area contributed by atoms with Gasteiger partial charge in [-0.1, -0.05) is 0 Å². The lowest BCUT2D eigenvalue weighted by Crippen LogP contribution is -2.34. The van der Waals surface area contributed by atoms with Crippen LogP contribution in [0.25, 0.3) is 0 Å². The minimum Gasteiger partial charge on any atom is -0.337 e. The number of nitrogens with zero attached hydrogens (tertiary/aromatic N) is 2. The summed E-state index contributed by atoms with van der Waals surface area (Å²) in [5.74, 6) is 0.256. The van der Waals surface area contributed by atoms with E-state index in [2.05, 4.69) is 20.9 Å². The Hall–Kier alpha value is -0.900. The molecule has 0 atom stereocenters. The van der Waals surface area contributed by atoms with Crippen LogP contribution in [0.15, 0.2) is 22.8 Å². The van der Waals surface area contributed by atoms with E-state index in [1.165, 1.54) is 0 Å². The van der Waals surface area contributed by atoms with Gasteiger partial charge in [-0.2, -0.15) is 0 Å². The maximum Gasteiger partial charge on any atom is 0.222 e. The Morgan fingerprint density at radius 3 is 2.93 bits per heavy atom. The number of carbonyl (C=O) groups excluding carboxylic acids is 1. The Balaban J connectivity index is 2.01. The molecule has 0 unspecified atom stereocenters. The molecule has 4 heteroatoms. The van der Waals surface area contributed by atoms with E-state index in [4.69, 9.17) is 0 Å². The molecule has 1 saturated heterocycles. The van der Waals surface area contributed by atoms with E-state index in [0.29, 0.717) is 13.0 Å². The predicted molar refractivity (Wildman–Crippen MR) is 61.2 cm³/mol. The minimum absolute atomic E-state index is 0.256. The van der Waals surface area contributed by atoms with Crippen LogP contribution >= 0.6 is 15.9 Å². The van der Waals surface area contributed by atoms with Gasteiger partial charge < -0.3 is 4.90 Å². The molecule has 0 spiro atoms. The summed E-state index contributed by atoms with van der Waals surface area (Å²) < 4.78 is 0.969. The number of halogens is 1. The predicted octanol–water partition coefficient (Wildman–Crippen LogP) is 2.36. The van der Waals surface area contributed by atoms with Crippen molar-refractivity contribution in [3.8, 4) is 0 Å². The number of hydrogen-bond acceptors (Lipinski definition) is 2. The Morgan fingerprint density at radius 2 is 2.27 bits per heavy atom. The Bertz CT molecular complexity index is 350. The first-order valence-corrected chi connectivity index (χ1v) is 5.93. The first-order chi connectivity index (χ1) is 7.25. The molecule has 1 fully saturated rings. The third kappa shape index (κ3) is 2.78. The molecule has 0 saturated carbocycles. The van der Waals surface area contributed by atoms with Crippen molar-refractivity contribution in [2.24, 2.45) is 0 Å². The number of rotatable bonds is 2. The third-order valence-electron chi connectivity index (χ3n) is 2.56. The lowest BCUT2D eigenvalue weighted by Gasteiger charge is -2.26. The fourth-order valence-corrected chi connectivity index (χ4v) is 1.96. The molecule has 2 heterocycles. The smallest absolute Gasteiger partial charge is 0.222 e. The number of hydrogen-bond donors (Lipinski definition) is 0. The van der Waals surface area contributed by atoms with Gasteiger partial charge in [-0.15, -0.1) is 0 Å². The van der Waals surface area contributed by atoms with Crippen LogP contribution in [-0.2, 0) is 11.3 Å². The van der Waals surface area contributed by atoms with Gasteiger partial charge in [0.2, 0.25) is 5.91 Å². The largest absolute Gasteiger partial charge is 0.337 e. The molecule has 0 radical (unpaired) electrons. The van der Waals surface area contributed by atoms with Gasteiger partial charge in [0.1, 0.15) is 0 Å². The van der Waals surface area contributed by atoms with Crippen molar-refractivity contribution in [3.05, 3.63) is 28.5 Å². The Kier molecular flexibility index (Phi) is 3.36. The Morgan fingerprint density at radius 1 is 1.40 bits per heavy atom. The van der Waals surface area contributed by atoms with Crippen LogP contribution in [0.4, 0.5) is 0 Å². The highest BCUT2D eigenvalue weighted by molar-refractivity contribution is 9.10. The minimum atomic E-state index is 0.256. The first-order valence-electron chi connectivity index (χ1n) is 5.14. The van der Waals surface area contributed by atoms with E-state index in [9.17, 15) is 4.79 Å². The van der Waals surface area contributed by atoms with Crippen LogP contribution in [0.3, 0.4) is 0 Å². The average molecular weight is 269 g/mol. The van der Waals surface area contributed by atoms with Crippen LogP contribution < -0.4 is 0 Å². The highest BCUT2D eigenvalue weighted by Crippen LogP contribution is 2.14. The SMILES string of the molecule is O=C1CCCCN1Cc1ccc(Br)cn1. The van der Waals surface area contributed by atoms with Crippen molar-refractivity contribution in [2.75, 3.05) is 6.54 Å². The molecule has 3 nitrogen and oxygen atoms in total. The number of aromatic nitrogens is 1. The normalized spacial score (nSPS) is 16.9. The zero-order chi connectivity index (χ0) is 10.7. The highest BCUT2D eigenvalue weighted by Gasteiger charge is 2.18. The van der Waals surface area contributed by atoms with Gasteiger partial charge in [-0.3, -0.25) is 9.78 Å². The summed E-state index contributed by atoms with van der Waals surface area (Å²) in [6.07, 6.45) is 4.60. The standard InChI is InChI=1S/C11H13BrN2O/c12-9-4-5-10(13-7-9)8-14-6-2-1-3-11(14)15/h4-5,7H,1-3,6,8H2. The number of likely N-dealkylation sites (tertiary alicyclic amines) is 1. The van der Waals surface area contributed by atoms with E-state index in [-0.39, 0.29) is 5.91 Å². The molecule has 1 amide bonds. The maximum absolute atomic E-state index is 11.6. The van der Waals surface area contributed by atoms with E-state index < -0.39 is 0 Å². The molecule has 1 aromatic heterocycles. The van der Waals surface area contributed by atoms with Gasteiger partial charge in [0.15, 0.2) is 0 Å². The van der Waals surface area contributed by atoms with Crippen LogP contribution in [0.1, 0.15) is 25.0 Å². The van der Waals surface area contributed by atoms with Crippen LogP contribution in [0.5, 0.6) is 0 Å². The molecule has 0 N–H and O–H groups in total. The molecule has 0 bridgehead atoms. The lowest BCUT2D eigenvalue weighted by molar-refractivity contribution is -0.133. The molecule has 1 aromatic rings. The number of carbonyl (C=O) groups is 1. The summed E-state index contributed by atoms with van der Waals surface area (Å²) in [4.78, 5) is 17.7. The van der Waals surface area contributed by atoms with E-state index >= 15 is 0 Å². The van der Waals surface area contributed by atoms with Gasteiger partial charge in [-0.05, 0) is 40.9 Å². The van der Waals surface area contributed by atoms with Gasteiger partial charge >= 0.3 is 0 Å². The average Bonchev–Trinajstić information content (AvgIpc) is 2.25. The summed E-state index contributed by atoms with van der Waals surface area (Å²) in [6.45, 7) is 1.52. The second kappa shape index (κ2) is 4.75. The summed E-state index contributed by atoms with van der Waals surface area (Å²) in [5, 5.41) is 0. The zero-order valence-electron chi connectivity index (χ0n) is 8.45. The number of amides is 1. The maximum atomic E-state index is 11.6. The molecular formula is C11H13BrN2O. The first kappa shape index (κ1) is 10.6.